The molecule has 8 heteroatoms. The lowest BCUT2D eigenvalue weighted by atomic mass is 9.59. The molecule has 7 aromatic rings. The van der Waals surface area contributed by atoms with Crippen LogP contribution in [0.3, 0.4) is 0 Å². The lowest BCUT2D eigenvalue weighted by Gasteiger charge is -2.28. The Bertz CT molecular complexity index is 2220. The van der Waals surface area contributed by atoms with Gasteiger partial charge in [0.25, 0.3) is 0 Å². The zero-order valence-electron chi connectivity index (χ0n) is 27.2. The number of hydrogen-bond donors (Lipinski definition) is 0. The minimum absolute atomic E-state index is 1.25. The Morgan fingerprint density at radius 3 is 1.30 bits per heavy atom. The average molecular weight is 551 g/mol. The summed E-state index contributed by atoms with van der Waals surface area (Å²) in [5, 5.41) is 8.11. The van der Waals surface area contributed by atoms with E-state index in [-0.39, 0.29) is 0 Å². The van der Waals surface area contributed by atoms with Crippen molar-refractivity contribution in [3.05, 3.63) is 97.1 Å². The maximum Gasteiger partial charge on any atom is 0.139 e. The third kappa shape index (κ3) is 4.18. The number of hydrogen-bond acceptors (Lipinski definition) is 0. The van der Waals surface area contributed by atoms with Gasteiger partial charge >= 0.3 is 0 Å². The molecule has 0 fully saturated rings. The standard InChI is InChI=1S/C36H32B8/c37-29-25-23(18-9-2-1-3-10-18)26-28(32(40)36(44)34(42)30(26)38)24(27(25)31(39)35(43)33(29)41)20-13-6-12-19(16-20)22-15-7-11-17-8-4-5-14-21(17)22/h1-16H,37-44H2. The molecule has 0 heterocycles. The van der Waals surface area contributed by atoms with Crippen LogP contribution in [0.25, 0.3) is 65.7 Å². The predicted octanol–water partition coefficient (Wildman–Crippen LogP) is -3.79. The summed E-state index contributed by atoms with van der Waals surface area (Å²) >= 11 is 0. The van der Waals surface area contributed by atoms with Crippen LogP contribution in [0.2, 0.25) is 0 Å². The van der Waals surface area contributed by atoms with Crippen LogP contribution in [0.15, 0.2) is 97.1 Å². The quantitative estimate of drug-likeness (QED) is 0.156. The molecule has 0 spiro atoms. The summed E-state index contributed by atoms with van der Waals surface area (Å²) < 4.78 is 0. The molecule has 0 nitrogen and oxygen atoms in total. The third-order valence-corrected chi connectivity index (χ3v) is 10.7. The molecule has 0 unspecified atom stereocenters. The van der Waals surface area contributed by atoms with Crippen molar-refractivity contribution in [2.24, 2.45) is 0 Å². The summed E-state index contributed by atoms with van der Waals surface area (Å²) in [6.45, 7) is 0. The van der Waals surface area contributed by atoms with E-state index < -0.39 is 0 Å². The first kappa shape index (κ1) is 28.6. The number of benzene rings is 7. The smallest absolute Gasteiger partial charge is 0.101 e. The molecular formula is C36H32B8. The van der Waals surface area contributed by atoms with Gasteiger partial charge in [-0.25, -0.2) is 0 Å². The van der Waals surface area contributed by atoms with Crippen molar-refractivity contribution in [1.29, 1.82) is 0 Å². The van der Waals surface area contributed by atoms with E-state index in [2.05, 4.69) is 160 Å². The van der Waals surface area contributed by atoms with E-state index in [9.17, 15) is 0 Å². The van der Waals surface area contributed by atoms with Gasteiger partial charge in [0.2, 0.25) is 0 Å². The van der Waals surface area contributed by atoms with Gasteiger partial charge in [-0.1, -0.05) is 113 Å². The molecule has 0 aromatic heterocycles. The highest BCUT2D eigenvalue weighted by molar-refractivity contribution is 6.71. The van der Waals surface area contributed by atoms with E-state index >= 15 is 0 Å². The van der Waals surface area contributed by atoms with Crippen LogP contribution in [0.1, 0.15) is 0 Å². The largest absolute Gasteiger partial charge is 0.139 e. The molecule has 0 bridgehead atoms. The minimum atomic E-state index is 1.25. The van der Waals surface area contributed by atoms with E-state index in [0.717, 1.165) is 0 Å². The normalized spacial score (nSPS) is 11.5. The van der Waals surface area contributed by atoms with E-state index in [1.165, 1.54) is 109 Å². The van der Waals surface area contributed by atoms with Crippen molar-refractivity contribution in [3.63, 3.8) is 0 Å². The Labute approximate surface area is 268 Å². The maximum absolute atomic E-state index is 2.44. The van der Waals surface area contributed by atoms with Crippen molar-refractivity contribution in [1.82, 2.24) is 0 Å². The van der Waals surface area contributed by atoms with Crippen molar-refractivity contribution >= 4 is 139 Å². The monoisotopic (exact) mass is 552 g/mol. The highest BCUT2D eigenvalue weighted by atomic mass is 14.2. The Hall–Kier alpha value is -4.16. The first-order valence-corrected chi connectivity index (χ1v) is 15.8. The lowest BCUT2D eigenvalue weighted by molar-refractivity contribution is 1.64. The first-order chi connectivity index (χ1) is 21.2. The van der Waals surface area contributed by atoms with Crippen molar-refractivity contribution < 1.29 is 0 Å². The van der Waals surface area contributed by atoms with Crippen LogP contribution in [0.5, 0.6) is 0 Å². The van der Waals surface area contributed by atoms with Gasteiger partial charge in [-0.3, -0.25) is 0 Å². The Balaban J connectivity index is 1.73. The fourth-order valence-electron chi connectivity index (χ4n) is 7.63. The van der Waals surface area contributed by atoms with Crippen LogP contribution >= 0.6 is 0 Å². The highest BCUT2D eigenvalue weighted by Crippen LogP contribution is 2.41. The SMILES string of the molecule is Bc1c(B)c(B)c2c(-c3cccc(-c4cccc5ccccc45)c3)c3c(B)c(B)c(B)c(B)c3c(-c3ccccc3)c2c1B. The van der Waals surface area contributed by atoms with Crippen LogP contribution in [-0.2, 0) is 0 Å². The van der Waals surface area contributed by atoms with Gasteiger partial charge in [0, 0.05) is 0 Å². The molecule has 44 heavy (non-hydrogen) atoms. The van der Waals surface area contributed by atoms with E-state index in [1.807, 2.05) is 0 Å². The second-order valence-electron chi connectivity index (χ2n) is 12.7. The zero-order valence-corrected chi connectivity index (χ0v) is 27.2. The number of rotatable bonds is 3. The molecule has 200 valence electrons. The van der Waals surface area contributed by atoms with Crippen LogP contribution in [-0.4, -0.2) is 62.8 Å². The molecule has 0 saturated heterocycles. The summed E-state index contributed by atoms with van der Waals surface area (Å²) in [4.78, 5) is 0. The Morgan fingerprint density at radius 1 is 0.318 bits per heavy atom. The molecule has 0 N–H and O–H groups in total. The lowest BCUT2D eigenvalue weighted by Crippen LogP contribution is -2.50. The van der Waals surface area contributed by atoms with Crippen LogP contribution < -0.4 is 43.7 Å². The highest BCUT2D eigenvalue weighted by Gasteiger charge is 2.25. The maximum atomic E-state index is 2.44. The van der Waals surface area contributed by atoms with Gasteiger partial charge < -0.3 is 0 Å². The molecule has 0 aliphatic carbocycles. The third-order valence-electron chi connectivity index (χ3n) is 10.7. The fraction of sp³-hybridized carbons (Fsp3) is 0. The van der Waals surface area contributed by atoms with Gasteiger partial charge in [-0.15, -0.1) is 21.9 Å². The Morgan fingerprint density at radius 2 is 0.727 bits per heavy atom. The molecular weight excluding hydrogens is 519 g/mol. The van der Waals surface area contributed by atoms with Gasteiger partial charge in [0.05, 0.1) is 0 Å². The second-order valence-corrected chi connectivity index (χ2v) is 12.7. The Kier molecular flexibility index (Phi) is 7.00. The van der Waals surface area contributed by atoms with Gasteiger partial charge in [0.1, 0.15) is 62.8 Å². The second kappa shape index (κ2) is 10.8. The molecule has 0 aliphatic heterocycles. The summed E-state index contributed by atoms with van der Waals surface area (Å²) in [6, 6.07) is 35.8. The van der Waals surface area contributed by atoms with E-state index in [0.29, 0.717) is 0 Å². The topological polar surface area (TPSA) is 0 Å². The van der Waals surface area contributed by atoms with Gasteiger partial charge in [-0.2, -0.15) is 0 Å². The molecule has 0 saturated carbocycles. The molecule has 0 atom stereocenters. The fourth-order valence-corrected chi connectivity index (χ4v) is 7.63. The molecule has 7 rings (SSSR count). The van der Waals surface area contributed by atoms with Gasteiger partial charge in [-0.05, 0) is 71.8 Å². The summed E-state index contributed by atoms with van der Waals surface area (Å²) in [6.07, 6.45) is 0. The predicted molar refractivity (Wildman–Crippen MR) is 221 cm³/mol. The first-order valence-electron chi connectivity index (χ1n) is 15.8. The van der Waals surface area contributed by atoms with Crippen molar-refractivity contribution in [2.45, 2.75) is 0 Å². The molecule has 0 amide bonds. The number of fused-ring (bicyclic) bond motifs is 3. The zero-order chi connectivity index (χ0) is 30.9. The van der Waals surface area contributed by atoms with E-state index in [4.69, 9.17) is 0 Å². The summed E-state index contributed by atoms with van der Waals surface area (Å²) in [7, 11) is 18.6. The molecule has 0 aliphatic rings. The van der Waals surface area contributed by atoms with E-state index in [1.54, 1.807) is 0 Å². The van der Waals surface area contributed by atoms with Crippen LogP contribution in [0, 0.1) is 0 Å². The van der Waals surface area contributed by atoms with Crippen LogP contribution in [0.4, 0.5) is 0 Å². The molecule has 0 radical (unpaired) electrons. The van der Waals surface area contributed by atoms with Crippen molar-refractivity contribution in [2.75, 3.05) is 0 Å². The average Bonchev–Trinajstić information content (AvgIpc) is 3.06. The minimum Gasteiger partial charge on any atom is -0.101 e. The van der Waals surface area contributed by atoms with Gasteiger partial charge in [0.15, 0.2) is 0 Å². The molecule has 7 aromatic carbocycles. The van der Waals surface area contributed by atoms with Crippen molar-refractivity contribution in [3.8, 4) is 33.4 Å². The summed E-state index contributed by atoms with van der Waals surface area (Å²) in [5.74, 6) is 0. The summed E-state index contributed by atoms with van der Waals surface area (Å²) in [5.41, 5.74) is 18.9.